The molecular weight excluding hydrogens is 254 g/mol. The smallest absolute Gasteiger partial charge is 0.117 e. The van der Waals surface area contributed by atoms with Gasteiger partial charge in [0.05, 0.1) is 10.9 Å². The van der Waals surface area contributed by atoms with Crippen LogP contribution in [0.3, 0.4) is 0 Å². The van der Waals surface area contributed by atoms with Crippen LogP contribution in [0.15, 0.2) is 22.6 Å². The topological polar surface area (TPSA) is 25.2 Å². The van der Waals surface area contributed by atoms with Crippen molar-refractivity contribution in [3.8, 4) is 0 Å². The average Bonchev–Trinajstić information content (AvgIpc) is 2.92. The average molecular weight is 268 g/mol. The van der Waals surface area contributed by atoms with Crippen molar-refractivity contribution >= 4 is 22.9 Å². The lowest BCUT2D eigenvalue weighted by atomic mass is 10.2. The fraction of sp³-hybridized carbons (Fsp3) is 0.385. The summed E-state index contributed by atoms with van der Waals surface area (Å²) in [4.78, 5) is 1.43. The molecule has 0 radical (unpaired) electrons. The standard InChI is InChI=1S/C13H14ClNOS/c1-8-2-3-9(16-8)7-15-11-4-5-12-10(11)6-13(14)17-12/h2-3,6,11,15H,4-5,7H2,1H3. The van der Waals surface area contributed by atoms with E-state index < -0.39 is 0 Å². The van der Waals surface area contributed by atoms with Gasteiger partial charge >= 0.3 is 0 Å². The zero-order valence-corrected chi connectivity index (χ0v) is 11.2. The van der Waals surface area contributed by atoms with Crippen molar-refractivity contribution in [3.63, 3.8) is 0 Å². The van der Waals surface area contributed by atoms with Crippen molar-refractivity contribution in [1.29, 1.82) is 0 Å². The highest BCUT2D eigenvalue weighted by atomic mass is 35.5. The van der Waals surface area contributed by atoms with Gasteiger partial charge in [0.25, 0.3) is 0 Å². The maximum Gasteiger partial charge on any atom is 0.117 e. The van der Waals surface area contributed by atoms with E-state index in [1.165, 1.54) is 10.4 Å². The van der Waals surface area contributed by atoms with E-state index >= 15 is 0 Å². The number of aryl methyl sites for hydroxylation is 2. The minimum atomic E-state index is 0.430. The van der Waals surface area contributed by atoms with E-state index in [0.29, 0.717) is 6.04 Å². The Morgan fingerprint density at radius 1 is 1.53 bits per heavy atom. The van der Waals surface area contributed by atoms with Gasteiger partial charge in [-0.05, 0) is 43.5 Å². The molecule has 17 heavy (non-hydrogen) atoms. The summed E-state index contributed by atoms with van der Waals surface area (Å²) in [6.07, 6.45) is 2.31. The van der Waals surface area contributed by atoms with Gasteiger partial charge in [-0.2, -0.15) is 0 Å². The molecule has 0 aliphatic heterocycles. The summed E-state index contributed by atoms with van der Waals surface area (Å²) < 4.78 is 6.45. The Hall–Kier alpha value is -0.770. The minimum Gasteiger partial charge on any atom is -0.465 e. The SMILES string of the molecule is Cc1ccc(CNC2CCc3sc(Cl)cc32)o1. The van der Waals surface area contributed by atoms with E-state index in [2.05, 4.69) is 11.4 Å². The predicted octanol–water partition coefficient (Wildman–Crippen LogP) is 4.08. The number of fused-ring (bicyclic) bond motifs is 1. The molecule has 2 nitrogen and oxygen atoms in total. The maximum absolute atomic E-state index is 6.04. The van der Waals surface area contributed by atoms with Gasteiger partial charge in [0, 0.05) is 10.9 Å². The first-order chi connectivity index (χ1) is 8.22. The molecular formula is C13H14ClNOS. The fourth-order valence-corrected chi connectivity index (χ4v) is 3.70. The van der Waals surface area contributed by atoms with E-state index in [9.17, 15) is 0 Å². The van der Waals surface area contributed by atoms with Crippen molar-refractivity contribution in [2.75, 3.05) is 0 Å². The van der Waals surface area contributed by atoms with Crippen LogP contribution in [0.1, 0.15) is 34.4 Å². The molecule has 0 spiro atoms. The lowest BCUT2D eigenvalue weighted by Crippen LogP contribution is -2.17. The number of thiophene rings is 1. The number of furan rings is 1. The van der Waals surface area contributed by atoms with Crippen LogP contribution >= 0.6 is 22.9 Å². The molecule has 0 aromatic carbocycles. The largest absolute Gasteiger partial charge is 0.465 e. The second-order valence-electron chi connectivity index (χ2n) is 4.41. The van der Waals surface area contributed by atoms with E-state index in [0.717, 1.165) is 35.2 Å². The van der Waals surface area contributed by atoms with Crippen molar-refractivity contribution in [2.24, 2.45) is 0 Å². The lowest BCUT2D eigenvalue weighted by molar-refractivity contribution is 0.434. The van der Waals surface area contributed by atoms with Crippen molar-refractivity contribution in [2.45, 2.75) is 32.4 Å². The molecule has 1 aliphatic carbocycles. The quantitative estimate of drug-likeness (QED) is 0.907. The Bertz CT molecular complexity index is 531. The monoisotopic (exact) mass is 267 g/mol. The molecule has 90 valence electrons. The highest BCUT2D eigenvalue weighted by molar-refractivity contribution is 7.16. The molecule has 3 rings (SSSR count). The van der Waals surface area contributed by atoms with Crippen molar-refractivity contribution < 1.29 is 4.42 Å². The minimum absolute atomic E-state index is 0.430. The molecule has 0 saturated carbocycles. The molecule has 2 aromatic rings. The fourth-order valence-electron chi connectivity index (χ4n) is 2.35. The summed E-state index contributed by atoms with van der Waals surface area (Å²) in [5, 5.41) is 3.54. The van der Waals surface area contributed by atoms with Crippen LogP contribution in [0.5, 0.6) is 0 Å². The van der Waals surface area contributed by atoms with E-state index in [-0.39, 0.29) is 0 Å². The molecule has 0 saturated heterocycles. The highest BCUT2D eigenvalue weighted by Crippen LogP contribution is 2.39. The van der Waals surface area contributed by atoms with Crippen LogP contribution in [0, 0.1) is 6.92 Å². The molecule has 0 amide bonds. The Morgan fingerprint density at radius 3 is 3.18 bits per heavy atom. The number of rotatable bonds is 3. The second kappa shape index (κ2) is 4.48. The van der Waals surface area contributed by atoms with Gasteiger partial charge in [0.15, 0.2) is 0 Å². The van der Waals surface area contributed by atoms with Crippen molar-refractivity contribution in [3.05, 3.63) is 44.5 Å². The van der Waals surface area contributed by atoms with E-state index in [4.69, 9.17) is 16.0 Å². The Morgan fingerprint density at radius 2 is 2.41 bits per heavy atom. The van der Waals surface area contributed by atoms with Crippen LogP contribution in [0.4, 0.5) is 0 Å². The Kier molecular flexibility index (Phi) is 2.99. The van der Waals surface area contributed by atoms with E-state index in [1.54, 1.807) is 11.3 Å². The van der Waals surface area contributed by atoms with Crippen LogP contribution in [-0.4, -0.2) is 0 Å². The highest BCUT2D eigenvalue weighted by Gasteiger charge is 2.24. The number of halogens is 1. The number of nitrogens with one attached hydrogen (secondary N) is 1. The van der Waals surface area contributed by atoms with Crippen LogP contribution < -0.4 is 5.32 Å². The maximum atomic E-state index is 6.04. The van der Waals surface area contributed by atoms with Gasteiger partial charge in [-0.15, -0.1) is 11.3 Å². The Balaban J connectivity index is 1.67. The number of hydrogen-bond donors (Lipinski definition) is 1. The summed E-state index contributed by atoms with van der Waals surface area (Å²) in [5.41, 5.74) is 1.38. The molecule has 1 N–H and O–H groups in total. The van der Waals surface area contributed by atoms with Gasteiger partial charge < -0.3 is 9.73 Å². The molecule has 2 aromatic heterocycles. The van der Waals surface area contributed by atoms with Crippen LogP contribution in [0.25, 0.3) is 0 Å². The molecule has 1 atom stereocenters. The molecule has 0 fully saturated rings. The van der Waals surface area contributed by atoms with E-state index in [1.807, 2.05) is 19.1 Å². The van der Waals surface area contributed by atoms with Gasteiger partial charge in [0.1, 0.15) is 11.5 Å². The predicted molar refractivity (Wildman–Crippen MR) is 70.7 cm³/mol. The van der Waals surface area contributed by atoms with Gasteiger partial charge in [-0.1, -0.05) is 11.6 Å². The molecule has 2 heterocycles. The lowest BCUT2D eigenvalue weighted by Gasteiger charge is -2.11. The normalized spacial score (nSPS) is 18.6. The third-order valence-corrected chi connectivity index (χ3v) is 4.51. The first-order valence-electron chi connectivity index (χ1n) is 5.79. The van der Waals surface area contributed by atoms with Crippen LogP contribution in [-0.2, 0) is 13.0 Å². The first-order valence-corrected chi connectivity index (χ1v) is 6.98. The molecule has 1 aliphatic rings. The van der Waals surface area contributed by atoms with Crippen molar-refractivity contribution in [1.82, 2.24) is 5.32 Å². The summed E-state index contributed by atoms with van der Waals surface area (Å²) >= 11 is 7.74. The van der Waals surface area contributed by atoms with Gasteiger partial charge in [0.2, 0.25) is 0 Å². The van der Waals surface area contributed by atoms with Crippen LogP contribution in [0.2, 0.25) is 4.34 Å². The molecule has 0 bridgehead atoms. The summed E-state index contributed by atoms with van der Waals surface area (Å²) in [6.45, 7) is 2.75. The molecule has 4 heteroatoms. The number of hydrogen-bond acceptors (Lipinski definition) is 3. The summed E-state index contributed by atoms with van der Waals surface area (Å²) in [6, 6.07) is 6.55. The zero-order chi connectivity index (χ0) is 11.8. The van der Waals surface area contributed by atoms with Gasteiger partial charge in [-0.3, -0.25) is 0 Å². The second-order valence-corrected chi connectivity index (χ2v) is 6.18. The summed E-state index contributed by atoms with van der Waals surface area (Å²) in [5.74, 6) is 1.96. The Labute approximate surface area is 110 Å². The third kappa shape index (κ3) is 2.28. The summed E-state index contributed by atoms with van der Waals surface area (Å²) in [7, 11) is 0. The third-order valence-electron chi connectivity index (χ3n) is 3.17. The zero-order valence-electron chi connectivity index (χ0n) is 9.63. The van der Waals surface area contributed by atoms with Gasteiger partial charge in [-0.25, -0.2) is 0 Å². The molecule has 1 unspecified atom stereocenters. The first kappa shape index (κ1) is 11.3.